The Labute approximate surface area is 157 Å². The van der Waals surface area contributed by atoms with Gasteiger partial charge >= 0.3 is 0 Å². The summed E-state index contributed by atoms with van der Waals surface area (Å²) >= 11 is 0. The highest BCUT2D eigenvalue weighted by Gasteiger charge is 2.48. The summed E-state index contributed by atoms with van der Waals surface area (Å²) in [6.45, 7) is 6.72. The van der Waals surface area contributed by atoms with E-state index in [-0.39, 0.29) is 17.7 Å². The number of nitrogens with one attached hydrogen (secondary N) is 1. The molecule has 2 N–H and O–H groups in total. The Hall–Kier alpha value is -1.75. The molecule has 0 bridgehead atoms. The van der Waals surface area contributed by atoms with Gasteiger partial charge in [-0.15, -0.1) is 0 Å². The first kappa shape index (κ1) is 20.6. The molecule has 5 heteroatoms. The van der Waals surface area contributed by atoms with Crippen molar-refractivity contribution in [3.05, 3.63) is 23.8 Å². The van der Waals surface area contributed by atoms with E-state index >= 15 is 0 Å². The van der Waals surface area contributed by atoms with Gasteiger partial charge in [0.25, 0.3) is 5.91 Å². The van der Waals surface area contributed by atoms with Gasteiger partial charge in [-0.05, 0) is 48.6 Å². The Balaban J connectivity index is 2.04. The molecule has 146 valence electrons. The number of para-hydroxylation sites is 1. The van der Waals surface area contributed by atoms with Gasteiger partial charge in [0.1, 0.15) is 5.60 Å². The number of benzene rings is 1. The molecule has 26 heavy (non-hydrogen) atoms. The van der Waals surface area contributed by atoms with Crippen LogP contribution in [0.15, 0.2) is 18.2 Å². The van der Waals surface area contributed by atoms with E-state index in [9.17, 15) is 9.90 Å². The zero-order valence-electron chi connectivity index (χ0n) is 16.7. The lowest BCUT2D eigenvalue weighted by molar-refractivity contribution is -0.155. The molecule has 5 nitrogen and oxygen atoms in total. The molecule has 3 unspecified atom stereocenters. The van der Waals surface area contributed by atoms with Crippen molar-refractivity contribution in [2.75, 3.05) is 20.8 Å². The fraction of sp³-hybridized carbons (Fsp3) is 0.667. The third-order valence-corrected chi connectivity index (χ3v) is 5.61. The molecule has 0 spiro atoms. The first-order valence-corrected chi connectivity index (χ1v) is 9.54. The topological polar surface area (TPSA) is 67.8 Å². The summed E-state index contributed by atoms with van der Waals surface area (Å²) in [6, 6.07) is 5.71. The second kappa shape index (κ2) is 8.76. The quantitative estimate of drug-likeness (QED) is 0.781. The van der Waals surface area contributed by atoms with Gasteiger partial charge in [0.15, 0.2) is 11.5 Å². The lowest BCUT2D eigenvalue weighted by Crippen LogP contribution is -2.56. The fourth-order valence-corrected chi connectivity index (χ4v) is 4.25. The number of aliphatic hydroxyl groups is 1. The van der Waals surface area contributed by atoms with Crippen LogP contribution in [0.5, 0.6) is 11.5 Å². The monoisotopic (exact) mass is 363 g/mol. The van der Waals surface area contributed by atoms with Gasteiger partial charge in [-0.25, -0.2) is 0 Å². The van der Waals surface area contributed by atoms with E-state index < -0.39 is 5.60 Å². The second-order valence-electron chi connectivity index (χ2n) is 7.82. The van der Waals surface area contributed by atoms with Crippen LogP contribution in [-0.2, 0) is 11.2 Å². The largest absolute Gasteiger partial charge is 0.493 e. The third-order valence-electron chi connectivity index (χ3n) is 5.61. The Morgan fingerprint density at radius 3 is 2.65 bits per heavy atom. The predicted octanol–water partition coefficient (Wildman–Crippen LogP) is 3.19. The average molecular weight is 363 g/mol. The molecular weight excluding hydrogens is 330 g/mol. The van der Waals surface area contributed by atoms with E-state index in [1.54, 1.807) is 14.2 Å². The number of methoxy groups -OCH3 is 2. The van der Waals surface area contributed by atoms with E-state index in [1.165, 1.54) is 0 Å². The van der Waals surface area contributed by atoms with E-state index in [0.717, 1.165) is 18.4 Å². The van der Waals surface area contributed by atoms with E-state index in [1.807, 2.05) is 18.2 Å². The minimum absolute atomic E-state index is 0.00468. The highest BCUT2D eigenvalue weighted by molar-refractivity contribution is 5.85. The summed E-state index contributed by atoms with van der Waals surface area (Å²) in [5.41, 5.74) is -0.304. The van der Waals surface area contributed by atoms with Crippen LogP contribution in [0.4, 0.5) is 0 Å². The SMILES string of the molecule is COc1cccc(CCNC(=O)C2(O)CC(C)CCC2C(C)C)c1OC. The molecule has 0 heterocycles. The molecule has 2 rings (SSSR count). The van der Waals surface area contributed by atoms with Gasteiger partial charge in [0, 0.05) is 6.54 Å². The summed E-state index contributed by atoms with van der Waals surface area (Å²) in [5, 5.41) is 14.1. The van der Waals surface area contributed by atoms with Gasteiger partial charge < -0.3 is 19.9 Å². The summed E-state index contributed by atoms with van der Waals surface area (Å²) in [6.07, 6.45) is 3.11. The molecule has 1 aromatic rings. The third kappa shape index (κ3) is 4.32. The molecule has 1 saturated carbocycles. The summed E-state index contributed by atoms with van der Waals surface area (Å²) in [7, 11) is 3.22. The molecule has 1 aliphatic carbocycles. The standard InChI is InChI=1S/C21H33NO4/c1-14(2)17-10-9-15(3)13-21(17,24)20(23)22-12-11-16-7-6-8-18(25-4)19(16)26-5/h6-8,14-15,17,24H,9-13H2,1-5H3,(H,22,23). The van der Waals surface area contributed by atoms with Crippen molar-refractivity contribution in [3.63, 3.8) is 0 Å². The first-order chi connectivity index (χ1) is 12.3. The van der Waals surface area contributed by atoms with Crippen molar-refractivity contribution in [2.45, 2.75) is 52.1 Å². The Bertz CT molecular complexity index is 616. The molecule has 0 radical (unpaired) electrons. The maximum atomic E-state index is 12.8. The van der Waals surface area contributed by atoms with Crippen molar-refractivity contribution in [3.8, 4) is 11.5 Å². The molecule has 0 saturated heterocycles. The lowest BCUT2D eigenvalue weighted by Gasteiger charge is -2.43. The van der Waals surface area contributed by atoms with Gasteiger partial charge in [-0.2, -0.15) is 0 Å². The van der Waals surface area contributed by atoms with Gasteiger partial charge in [-0.1, -0.05) is 39.3 Å². The Morgan fingerprint density at radius 2 is 2.04 bits per heavy atom. The second-order valence-corrected chi connectivity index (χ2v) is 7.82. The first-order valence-electron chi connectivity index (χ1n) is 9.54. The molecule has 1 amide bonds. The fourth-order valence-electron chi connectivity index (χ4n) is 4.25. The zero-order valence-corrected chi connectivity index (χ0v) is 16.7. The molecule has 1 aromatic carbocycles. The van der Waals surface area contributed by atoms with E-state index in [0.29, 0.717) is 36.8 Å². The van der Waals surface area contributed by atoms with Gasteiger partial charge in [0.2, 0.25) is 0 Å². The van der Waals surface area contributed by atoms with Crippen LogP contribution in [0.2, 0.25) is 0 Å². The number of hydrogen-bond acceptors (Lipinski definition) is 4. The average Bonchev–Trinajstić information content (AvgIpc) is 2.60. The molecule has 1 fully saturated rings. The summed E-state index contributed by atoms with van der Waals surface area (Å²) < 4.78 is 10.8. The zero-order chi connectivity index (χ0) is 19.3. The van der Waals surface area contributed by atoms with Crippen LogP contribution in [-0.4, -0.2) is 37.4 Å². The number of amides is 1. The highest BCUT2D eigenvalue weighted by atomic mass is 16.5. The summed E-state index contributed by atoms with van der Waals surface area (Å²) in [4.78, 5) is 12.8. The van der Waals surface area contributed by atoms with Crippen molar-refractivity contribution in [1.82, 2.24) is 5.32 Å². The van der Waals surface area contributed by atoms with Crippen molar-refractivity contribution in [1.29, 1.82) is 0 Å². The normalized spacial score (nSPS) is 25.8. The number of carbonyl (C=O) groups excluding carboxylic acids is 1. The van der Waals surface area contributed by atoms with Crippen LogP contribution in [0.3, 0.4) is 0 Å². The maximum absolute atomic E-state index is 12.8. The van der Waals surface area contributed by atoms with Crippen molar-refractivity contribution in [2.24, 2.45) is 17.8 Å². The van der Waals surface area contributed by atoms with Crippen LogP contribution in [0.1, 0.15) is 45.6 Å². The molecular formula is C21H33NO4. The van der Waals surface area contributed by atoms with Crippen molar-refractivity contribution < 1.29 is 19.4 Å². The molecule has 3 atom stereocenters. The predicted molar refractivity (Wildman–Crippen MR) is 103 cm³/mol. The maximum Gasteiger partial charge on any atom is 0.252 e. The number of carbonyl (C=O) groups is 1. The Kier molecular flexibility index (Phi) is 6.93. The summed E-state index contributed by atoms with van der Waals surface area (Å²) in [5.74, 6) is 1.76. The molecule has 0 aliphatic heterocycles. The minimum Gasteiger partial charge on any atom is -0.493 e. The number of rotatable bonds is 7. The van der Waals surface area contributed by atoms with E-state index in [2.05, 4.69) is 26.1 Å². The molecule has 1 aliphatic rings. The molecule has 0 aromatic heterocycles. The van der Waals surface area contributed by atoms with Crippen molar-refractivity contribution >= 4 is 5.91 Å². The number of ether oxygens (including phenoxy) is 2. The van der Waals surface area contributed by atoms with E-state index in [4.69, 9.17) is 9.47 Å². The van der Waals surface area contributed by atoms with Gasteiger partial charge in [-0.3, -0.25) is 4.79 Å². The smallest absolute Gasteiger partial charge is 0.252 e. The number of hydrogen-bond donors (Lipinski definition) is 2. The van der Waals surface area contributed by atoms with Gasteiger partial charge in [0.05, 0.1) is 14.2 Å². The van der Waals surface area contributed by atoms with Crippen LogP contribution < -0.4 is 14.8 Å². The van der Waals surface area contributed by atoms with Crippen LogP contribution in [0, 0.1) is 17.8 Å². The lowest BCUT2D eigenvalue weighted by atomic mass is 9.66. The Morgan fingerprint density at radius 1 is 1.31 bits per heavy atom. The van der Waals surface area contributed by atoms with Crippen LogP contribution in [0.25, 0.3) is 0 Å². The highest BCUT2D eigenvalue weighted by Crippen LogP contribution is 2.41. The van der Waals surface area contributed by atoms with Crippen LogP contribution >= 0.6 is 0 Å². The minimum atomic E-state index is -1.27.